The van der Waals surface area contributed by atoms with Crippen LogP contribution in [-0.4, -0.2) is 40.6 Å². The molecule has 0 spiro atoms. The van der Waals surface area contributed by atoms with E-state index in [2.05, 4.69) is 10.3 Å². The quantitative estimate of drug-likeness (QED) is 0.349. The van der Waals surface area contributed by atoms with E-state index < -0.39 is 29.2 Å². The average Bonchev–Trinajstić information content (AvgIpc) is 2.38. The van der Waals surface area contributed by atoms with Gasteiger partial charge >= 0.3 is 11.9 Å². The third-order valence-electron chi connectivity index (χ3n) is 2.39. The van der Waals surface area contributed by atoms with Gasteiger partial charge in [-0.15, -0.1) is 4.99 Å². The first-order valence-electron chi connectivity index (χ1n) is 7.60. The van der Waals surface area contributed by atoms with Gasteiger partial charge in [0.15, 0.2) is 5.17 Å². The molecule has 0 aromatic carbocycles. The van der Waals surface area contributed by atoms with E-state index in [0.717, 1.165) is 0 Å². The Morgan fingerprint density at radius 2 is 1.71 bits per heavy atom. The van der Waals surface area contributed by atoms with Crippen molar-refractivity contribution in [3.05, 3.63) is 0 Å². The number of ether oxygens (including phenoxy) is 2. The van der Waals surface area contributed by atoms with E-state index in [1.54, 1.807) is 54.0 Å². The van der Waals surface area contributed by atoms with Crippen LogP contribution in [0, 0.1) is 11.5 Å². The van der Waals surface area contributed by atoms with Crippen molar-refractivity contribution < 1.29 is 19.1 Å². The van der Waals surface area contributed by atoms with E-state index in [4.69, 9.17) is 14.7 Å². The zero-order chi connectivity index (χ0) is 19.0. The molecule has 7 nitrogen and oxygen atoms in total. The standard InChI is InChI=1S/C16H27N3O4S/c1-15(2,3)22-12(20)9-8-11(13(21)23-16(4,5)6)19-14(24-7)18-10-17/h11H,8-9H2,1-7H3,(H,18,19). The van der Waals surface area contributed by atoms with Crippen LogP contribution < -0.4 is 5.32 Å². The summed E-state index contributed by atoms with van der Waals surface area (Å²) in [6, 6.07) is -0.795. The predicted octanol–water partition coefficient (Wildman–Crippen LogP) is 2.61. The first kappa shape index (κ1) is 22.2. The van der Waals surface area contributed by atoms with E-state index in [-0.39, 0.29) is 18.0 Å². The largest absolute Gasteiger partial charge is 0.460 e. The van der Waals surface area contributed by atoms with E-state index >= 15 is 0 Å². The molecular formula is C16H27N3O4S. The molecule has 0 fully saturated rings. The fraction of sp³-hybridized carbons (Fsp3) is 0.750. The molecule has 0 saturated carbocycles. The van der Waals surface area contributed by atoms with Crippen molar-refractivity contribution in [2.75, 3.05) is 6.26 Å². The number of hydrogen-bond donors (Lipinski definition) is 1. The molecule has 1 atom stereocenters. The Bertz CT molecular complexity index is 513. The molecule has 0 heterocycles. The molecule has 136 valence electrons. The second-order valence-corrected chi connectivity index (χ2v) is 7.87. The van der Waals surface area contributed by atoms with Gasteiger partial charge in [0.1, 0.15) is 17.2 Å². The molecular weight excluding hydrogens is 330 g/mol. The van der Waals surface area contributed by atoms with Crippen LogP contribution in [0.3, 0.4) is 0 Å². The number of thioether (sulfide) groups is 1. The Hall–Kier alpha value is -1.75. The van der Waals surface area contributed by atoms with Gasteiger partial charge in [0.25, 0.3) is 0 Å². The van der Waals surface area contributed by atoms with Crippen LogP contribution in [-0.2, 0) is 19.1 Å². The monoisotopic (exact) mass is 357 g/mol. The number of nitrogens with zero attached hydrogens (tertiary/aromatic N) is 2. The molecule has 0 aromatic heterocycles. The summed E-state index contributed by atoms with van der Waals surface area (Å²) in [7, 11) is 0. The Balaban J connectivity index is 4.99. The lowest BCUT2D eigenvalue weighted by Gasteiger charge is -2.25. The molecule has 0 rings (SSSR count). The number of esters is 2. The van der Waals surface area contributed by atoms with E-state index in [1.165, 1.54) is 11.8 Å². The predicted molar refractivity (Wildman–Crippen MR) is 94.4 cm³/mol. The minimum atomic E-state index is -0.795. The van der Waals surface area contributed by atoms with Crippen molar-refractivity contribution in [3.8, 4) is 6.19 Å². The Morgan fingerprint density at radius 3 is 2.12 bits per heavy atom. The van der Waals surface area contributed by atoms with Gasteiger partial charge < -0.3 is 14.8 Å². The molecule has 0 aliphatic rings. The van der Waals surface area contributed by atoms with Gasteiger partial charge in [-0.3, -0.25) is 4.79 Å². The van der Waals surface area contributed by atoms with Crippen molar-refractivity contribution in [1.29, 1.82) is 5.26 Å². The van der Waals surface area contributed by atoms with Crippen molar-refractivity contribution in [3.63, 3.8) is 0 Å². The Morgan fingerprint density at radius 1 is 1.17 bits per heavy atom. The number of nitriles is 1. The number of aliphatic imine (C=N–C) groups is 1. The summed E-state index contributed by atoms with van der Waals surface area (Å²) >= 11 is 1.19. The Labute approximate surface area is 148 Å². The fourth-order valence-electron chi connectivity index (χ4n) is 1.61. The second-order valence-electron chi connectivity index (χ2n) is 7.08. The van der Waals surface area contributed by atoms with Crippen LogP contribution in [0.1, 0.15) is 54.4 Å². The van der Waals surface area contributed by atoms with Gasteiger partial charge in [-0.2, -0.15) is 5.26 Å². The lowest BCUT2D eigenvalue weighted by Crippen LogP contribution is -2.43. The topological polar surface area (TPSA) is 101 Å². The fourth-order valence-corrected chi connectivity index (χ4v) is 2.00. The van der Waals surface area contributed by atoms with Crippen LogP contribution in [0.4, 0.5) is 0 Å². The smallest absolute Gasteiger partial charge is 0.329 e. The van der Waals surface area contributed by atoms with Crippen LogP contribution >= 0.6 is 11.8 Å². The maximum atomic E-state index is 12.3. The van der Waals surface area contributed by atoms with Gasteiger partial charge in [0.05, 0.1) is 0 Å². The SMILES string of the molecule is CSC(=NC#N)NC(CCC(=O)OC(C)(C)C)C(=O)OC(C)(C)C. The zero-order valence-corrected chi connectivity index (χ0v) is 16.2. The number of amidine groups is 1. The first-order chi connectivity index (χ1) is 10.9. The first-order valence-corrected chi connectivity index (χ1v) is 8.82. The molecule has 1 unspecified atom stereocenters. The van der Waals surface area contributed by atoms with Crippen LogP contribution in [0.5, 0.6) is 0 Å². The number of hydrogen-bond acceptors (Lipinski definition) is 7. The van der Waals surface area contributed by atoms with Gasteiger partial charge in [-0.05, 0) is 54.2 Å². The summed E-state index contributed by atoms with van der Waals surface area (Å²) in [6.07, 6.45) is 3.61. The van der Waals surface area contributed by atoms with Crippen molar-refractivity contribution >= 4 is 28.9 Å². The van der Waals surface area contributed by atoms with E-state index in [9.17, 15) is 9.59 Å². The molecule has 0 aromatic rings. The maximum absolute atomic E-state index is 12.3. The minimum Gasteiger partial charge on any atom is -0.460 e. The van der Waals surface area contributed by atoms with E-state index in [1.807, 2.05) is 0 Å². The number of carbonyl (C=O) groups is 2. The highest BCUT2D eigenvalue weighted by atomic mass is 32.2. The normalized spacial score (nSPS) is 13.7. The Kier molecular flexibility index (Phi) is 8.83. The van der Waals surface area contributed by atoms with Gasteiger partial charge in [-0.25, -0.2) is 4.79 Å². The number of carbonyl (C=O) groups excluding carboxylic acids is 2. The maximum Gasteiger partial charge on any atom is 0.329 e. The van der Waals surface area contributed by atoms with Crippen molar-refractivity contribution in [1.82, 2.24) is 5.32 Å². The molecule has 0 amide bonds. The zero-order valence-electron chi connectivity index (χ0n) is 15.4. The summed E-state index contributed by atoms with van der Waals surface area (Å²) in [5.41, 5.74) is -1.24. The second kappa shape index (κ2) is 9.52. The molecule has 0 aliphatic heterocycles. The molecule has 0 saturated heterocycles. The molecule has 0 bridgehead atoms. The van der Waals surface area contributed by atoms with Crippen molar-refractivity contribution in [2.24, 2.45) is 4.99 Å². The van der Waals surface area contributed by atoms with Crippen LogP contribution in [0.25, 0.3) is 0 Å². The van der Waals surface area contributed by atoms with Crippen LogP contribution in [0.2, 0.25) is 0 Å². The third kappa shape index (κ3) is 10.9. The van der Waals surface area contributed by atoms with Crippen LogP contribution in [0.15, 0.2) is 4.99 Å². The summed E-state index contributed by atoms with van der Waals surface area (Å²) < 4.78 is 10.6. The van der Waals surface area contributed by atoms with Gasteiger partial charge in [0, 0.05) is 6.42 Å². The van der Waals surface area contributed by atoms with Gasteiger partial charge in [-0.1, -0.05) is 11.8 Å². The summed E-state index contributed by atoms with van der Waals surface area (Å²) in [5, 5.41) is 11.8. The minimum absolute atomic E-state index is 0.0440. The number of nitrogens with one attached hydrogen (secondary N) is 1. The van der Waals surface area contributed by atoms with Gasteiger partial charge in [0.2, 0.25) is 6.19 Å². The lowest BCUT2D eigenvalue weighted by atomic mass is 10.1. The molecule has 0 aliphatic carbocycles. The molecule has 8 heteroatoms. The summed E-state index contributed by atoms with van der Waals surface area (Å²) in [5.74, 6) is -0.911. The van der Waals surface area contributed by atoms with Crippen molar-refractivity contribution in [2.45, 2.75) is 71.6 Å². The highest BCUT2D eigenvalue weighted by Crippen LogP contribution is 2.14. The summed E-state index contributed by atoms with van der Waals surface area (Å²) in [6.45, 7) is 10.6. The highest BCUT2D eigenvalue weighted by Gasteiger charge is 2.27. The molecule has 24 heavy (non-hydrogen) atoms. The molecule has 1 N–H and O–H groups in total. The molecule has 0 radical (unpaired) electrons. The average molecular weight is 357 g/mol. The summed E-state index contributed by atoms with van der Waals surface area (Å²) in [4.78, 5) is 27.8. The third-order valence-corrected chi connectivity index (χ3v) is 2.99. The number of rotatable bonds is 5. The lowest BCUT2D eigenvalue weighted by molar-refractivity contribution is -0.158. The van der Waals surface area contributed by atoms with E-state index in [0.29, 0.717) is 0 Å². The highest BCUT2D eigenvalue weighted by molar-refractivity contribution is 8.13.